The van der Waals surface area contributed by atoms with Crippen molar-refractivity contribution in [2.24, 2.45) is 5.10 Å². The molecule has 0 atom stereocenters. The summed E-state index contributed by atoms with van der Waals surface area (Å²) in [6.45, 7) is 1.65. The van der Waals surface area contributed by atoms with Crippen molar-refractivity contribution in [2.75, 3.05) is 5.01 Å². The molecule has 0 saturated carbocycles. The molecule has 0 saturated heterocycles. The maximum absolute atomic E-state index is 13.1. The molecule has 9 heteroatoms. The van der Waals surface area contributed by atoms with Crippen molar-refractivity contribution in [3.63, 3.8) is 0 Å². The van der Waals surface area contributed by atoms with Crippen LogP contribution >= 0.6 is 12.4 Å². The molecule has 0 aliphatic carbocycles. The van der Waals surface area contributed by atoms with Crippen LogP contribution in [0.25, 0.3) is 11.8 Å². The number of aromatic hydroxyl groups is 1. The third kappa shape index (κ3) is 3.57. The van der Waals surface area contributed by atoms with Gasteiger partial charge in [0.25, 0.3) is 11.5 Å². The highest BCUT2D eigenvalue weighted by molar-refractivity contribution is 6.32. The van der Waals surface area contributed by atoms with Crippen molar-refractivity contribution < 1.29 is 14.3 Å². The quantitative estimate of drug-likeness (QED) is 0.644. The van der Waals surface area contributed by atoms with E-state index in [1.807, 2.05) is 6.07 Å². The zero-order valence-electron chi connectivity index (χ0n) is 15.2. The SMILES string of the molecule is CC1=NN(c2ccccc2)C(=O)C1=Cc1c(O)n(-c2ccc(F)cc2)[nH]c1=O.Cl. The first-order valence-electron chi connectivity index (χ1n) is 8.42. The minimum Gasteiger partial charge on any atom is -0.493 e. The van der Waals surface area contributed by atoms with Crippen molar-refractivity contribution in [2.45, 2.75) is 6.92 Å². The molecule has 7 nitrogen and oxygen atoms in total. The molecule has 1 amide bonds. The van der Waals surface area contributed by atoms with E-state index in [1.54, 1.807) is 31.2 Å². The molecule has 1 aliphatic heterocycles. The van der Waals surface area contributed by atoms with Gasteiger partial charge in [-0.05, 0) is 49.4 Å². The summed E-state index contributed by atoms with van der Waals surface area (Å²) in [6.07, 6.45) is 1.30. The molecule has 0 spiro atoms. The molecule has 29 heavy (non-hydrogen) atoms. The van der Waals surface area contributed by atoms with Crippen molar-refractivity contribution in [3.8, 4) is 11.6 Å². The van der Waals surface area contributed by atoms with Gasteiger partial charge < -0.3 is 5.11 Å². The number of hydrazone groups is 1. The third-order valence-electron chi connectivity index (χ3n) is 4.35. The molecule has 0 unspecified atom stereocenters. The summed E-state index contributed by atoms with van der Waals surface area (Å²) in [7, 11) is 0. The maximum atomic E-state index is 13.1. The summed E-state index contributed by atoms with van der Waals surface area (Å²) >= 11 is 0. The molecule has 148 valence electrons. The van der Waals surface area contributed by atoms with Gasteiger partial charge in [0.15, 0.2) is 0 Å². The van der Waals surface area contributed by atoms with Crippen LogP contribution in [-0.2, 0) is 4.79 Å². The number of para-hydroxylation sites is 1. The first-order valence-corrected chi connectivity index (χ1v) is 8.42. The Bertz CT molecular complexity index is 1180. The number of aromatic nitrogens is 2. The summed E-state index contributed by atoms with van der Waals surface area (Å²) in [5, 5.41) is 18.4. The maximum Gasteiger partial charge on any atom is 0.280 e. The van der Waals surface area contributed by atoms with Crippen LogP contribution in [0.4, 0.5) is 10.1 Å². The van der Waals surface area contributed by atoms with Gasteiger partial charge >= 0.3 is 0 Å². The zero-order chi connectivity index (χ0) is 19.8. The van der Waals surface area contributed by atoms with E-state index in [9.17, 15) is 19.1 Å². The van der Waals surface area contributed by atoms with Crippen LogP contribution in [0.15, 0.2) is 70.1 Å². The second-order valence-electron chi connectivity index (χ2n) is 6.19. The Morgan fingerprint density at radius 3 is 2.34 bits per heavy atom. The van der Waals surface area contributed by atoms with Crippen LogP contribution < -0.4 is 10.6 Å². The van der Waals surface area contributed by atoms with Crippen molar-refractivity contribution in [1.29, 1.82) is 0 Å². The second-order valence-corrected chi connectivity index (χ2v) is 6.19. The fourth-order valence-electron chi connectivity index (χ4n) is 2.92. The van der Waals surface area contributed by atoms with Crippen molar-refractivity contribution >= 4 is 35.8 Å². The lowest BCUT2D eigenvalue weighted by Gasteiger charge is -2.10. The second kappa shape index (κ2) is 7.76. The number of hydrogen-bond acceptors (Lipinski definition) is 4. The van der Waals surface area contributed by atoms with Crippen LogP contribution in [0, 0.1) is 5.82 Å². The molecule has 0 radical (unpaired) electrons. The van der Waals surface area contributed by atoms with E-state index in [2.05, 4.69) is 10.2 Å². The number of halogens is 2. The number of amides is 1. The molecular formula is C20H16ClFN4O3. The molecule has 1 aliphatic rings. The highest BCUT2D eigenvalue weighted by Gasteiger charge is 2.29. The van der Waals surface area contributed by atoms with Gasteiger partial charge in [-0.1, -0.05) is 18.2 Å². The first-order chi connectivity index (χ1) is 13.5. The van der Waals surface area contributed by atoms with Crippen LogP contribution in [0.5, 0.6) is 5.88 Å². The van der Waals surface area contributed by atoms with Gasteiger partial charge in [0.2, 0.25) is 5.88 Å². The fourth-order valence-corrected chi connectivity index (χ4v) is 2.92. The van der Waals surface area contributed by atoms with Gasteiger partial charge in [-0.25, -0.2) is 9.07 Å². The van der Waals surface area contributed by atoms with Crippen LogP contribution in [0.2, 0.25) is 0 Å². The largest absolute Gasteiger partial charge is 0.493 e. The van der Waals surface area contributed by atoms with Gasteiger partial charge in [-0.15, -0.1) is 12.4 Å². The zero-order valence-corrected chi connectivity index (χ0v) is 16.0. The number of anilines is 1. The number of aromatic amines is 1. The Morgan fingerprint density at radius 1 is 1.03 bits per heavy atom. The number of H-pyrrole nitrogens is 1. The third-order valence-corrected chi connectivity index (χ3v) is 4.35. The lowest BCUT2D eigenvalue weighted by atomic mass is 10.1. The Morgan fingerprint density at radius 2 is 1.69 bits per heavy atom. The lowest BCUT2D eigenvalue weighted by molar-refractivity contribution is -0.114. The Hall–Kier alpha value is -3.65. The van der Waals surface area contributed by atoms with Gasteiger partial charge in [-0.3, -0.25) is 14.7 Å². The van der Waals surface area contributed by atoms with E-state index in [1.165, 1.54) is 35.4 Å². The van der Waals surface area contributed by atoms with Crippen LogP contribution in [0.3, 0.4) is 0 Å². The Kier molecular flexibility index (Phi) is 5.38. The average molecular weight is 415 g/mol. The topological polar surface area (TPSA) is 90.7 Å². The van der Waals surface area contributed by atoms with E-state index < -0.39 is 17.3 Å². The van der Waals surface area contributed by atoms with Gasteiger partial charge in [0.1, 0.15) is 11.4 Å². The summed E-state index contributed by atoms with van der Waals surface area (Å²) < 4.78 is 14.2. The standard InChI is InChI=1S/C20H15FN4O3.ClH/c1-12-16(19(27)24(22-12)14-5-3-2-4-6-14)11-17-18(26)23-25(20(17)28)15-9-7-13(21)8-10-15;/h2-11,28H,1H3,(H,23,26);1H. The van der Waals surface area contributed by atoms with Crippen LogP contribution in [-0.4, -0.2) is 26.5 Å². The normalized spacial score (nSPS) is 14.8. The van der Waals surface area contributed by atoms with E-state index in [0.29, 0.717) is 17.1 Å². The highest BCUT2D eigenvalue weighted by atomic mass is 35.5. The lowest BCUT2D eigenvalue weighted by Crippen LogP contribution is -2.21. The fraction of sp³-hybridized carbons (Fsp3) is 0.0500. The number of rotatable bonds is 3. The molecule has 2 heterocycles. The van der Waals surface area contributed by atoms with Crippen LogP contribution in [0.1, 0.15) is 12.5 Å². The summed E-state index contributed by atoms with van der Waals surface area (Å²) in [4.78, 5) is 25.1. The van der Waals surface area contributed by atoms with Crippen molar-refractivity contribution in [3.05, 3.63) is 81.9 Å². The predicted molar refractivity (Wildman–Crippen MR) is 110 cm³/mol. The minimum atomic E-state index is -0.590. The molecular weight excluding hydrogens is 399 g/mol. The molecule has 2 N–H and O–H groups in total. The summed E-state index contributed by atoms with van der Waals surface area (Å²) in [5.41, 5.74) is 0.904. The number of benzene rings is 2. The number of carbonyl (C=O) groups excluding carboxylic acids is 1. The smallest absolute Gasteiger partial charge is 0.280 e. The molecule has 3 aromatic rings. The summed E-state index contributed by atoms with van der Waals surface area (Å²) in [6, 6.07) is 14.1. The predicted octanol–water partition coefficient (Wildman–Crippen LogP) is 3.24. The minimum absolute atomic E-state index is 0. The van der Waals surface area contributed by atoms with E-state index in [-0.39, 0.29) is 29.4 Å². The van der Waals surface area contributed by atoms with Gasteiger partial charge in [0.05, 0.1) is 22.7 Å². The molecule has 0 fully saturated rings. The molecule has 4 rings (SSSR count). The van der Waals surface area contributed by atoms with E-state index in [0.717, 1.165) is 4.68 Å². The number of nitrogens with one attached hydrogen (secondary N) is 1. The van der Waals surface area contributed by atoms with Crippen molar-refractivity contribution in [1.82, 2.24) is 9.78 Å². The average Bonchev–Trinajstić information content (AvgIpc) is 3.14. The Labute approximate surface area is 170 Å². The van der Waals surface area contributed by atoms with E-state index >= 15 is 0 Å². The molecule has 2 aromatic carbocycles. The monoisotopic (exact) mass is 414 g/mol. The van der Waals surface area contributed by atoms with Gasteiger partial charge in [-0.2, -0.15) is 10.1 Å². The number of carbonyl (C=O) groups is 1. The van der Waals surface area contributed by atoms with Gasteiger partial charge in [0, 0.05) is 0 Å². The Balaban J connectivity index is 0.00000240. The highest BCUT2D eigenvalue weighted by Crippen LogP contribution is 2.26. The summed E-state index contributed by atoms with van der Waals surface area (Å²) in [5.74, 6) is -1.23. The molecule has 0 bridgehead atoms. The van der Waals surface area contributed by atoms with E-state index in [4.69, 9.17) is 0 Å². The number of hydrogen-bond donors (Lipinski definition) is 2. The molecule has 1 aromatic heterocycles. The first kappa shape index (κ1) is 20.1. The number of nitrogens with zero attached hydrogens (tertiary/aromatic N) is 3.